The summed E-state index contributed by atoms with van der Waals surface area (Å²) in [4.78, 5) is 31.1. The highest BCUT2D eigenvalue weighted by atomic mass is 32.2. The van der Waals surface area contributed by atoms with Crippen LogP contribution in [0.25, 0.3) is 0 Å². The number of sulfonamides is 1. The van der Waals surface area contributed by atoms with Gasteiger partial charge in [0.25, 0.3) is 15.7 Å². The molecule has 6 rings (SSSR count). The van der Waals surface area contributed by atoms with Gasteiger partial charge in [-0.15, -0.1) is 0 Å². The van der Waals surface area contributed by atoms with Crippen molar-refractivity contribution in [3.8, 4) is 0 Å². The molecule has 1 fully saturated rings. The van der Waals surface area contributed by atoms with E-state index in [9.17, 15) is 23.3 Å². The summed E-state index contributed by atoms with van der Waals surface area (Å²) < 4.78 is 28.8. The number of anilines is 2. The Morgan fingerprint density at radius 1 is 0.932 bits per heavy atom. The largest absolute Gasteiger partial charge is 0.325 e. The van der Waals surface area contributed by atoms with E-state index < -0.39 is 20.9 Å². The number of aliphatic imine (C=N–C) groups is 1. The minimum atomic E-state index is -4.15. The molecule has 1 saturated heterocycles. The van der Waals surface area contributed by atoms with Gasteiger partial charge in [0.05, 0.1) is 21.2 Å². The van der Waals surface area contributed by atoms with E-state index in [4.69, 9.17) is 4.99 Å². The number of carbonyl (C=O) groups is 1. The van der Waals surface area contributed by atoms with Gasteiger partial charge in [0.15, 0.2) is 0 Å². The molecular weight excluding hydrogens is 578 g/mol. The summed E-state index contributed by atoms with van der Waals surface area (Å²) >= 11 is 0. The third-order valence-electron chi connectivity index (χ3n) is 7.86. The van der Waals surface area contributed by atoms with Crippen LogP contribution in [-0.2, 0) is 21.4 Å². The number of likely N-dealkylation sites (tertiary alicyclic amines) is 1. The van der Waals surface area contributed by atoms with Gasteiger partial charge in [-0.2, -0.15) is 0 Å². The molecule has 2 aliphatic heterocycles. The number of nitrogens with one attached hydrogen (secondary N) is 2. The molecule has 2 aliphatic rings. The molecule has 4 aromatic carbocycles. The molecule has 0 spiro atoms. The van der Waals surface area contributed by atoms with E-state index in [1.807, 2.05) is 42.5 Å². The Bertz CT molecular complexity index is 1840. The highest BCUT2D eigenvalue weighted by Crippen LogP contribution is 2.38. The minimum absolute atomic E-state index is 0.214. The van der Waals surface area contributed by atoms with Gasteiger partial charge in [0, 0.05) is 30.1 Å². The van der Waals surface area contributed by atoms with Crippen LogP contribution in [0.1, 0.15) is 41.9 Å². The quantitative estimate of drug-likeness (QED) is 0.131. The number of nitro groups is 1. The molecule has 0 aliphatic carbocycles. The molecule has 2 N–H and O–H groups in total. The standard InChI is InChI=1S/C33H31N5O5S/c39-33-31(29-20-26(16-17-30(29)35-33)36-44(42,43)28-11-7-10-27(21-28)38(40)41)32(24-8-3-1-4-9-24)34-25-14-12-23(13-15-25)22-37-18-5-2-6-19-37/h1,3-4,7-17,20-21,31,36H,2,5-6,18-19,22H2,(H,35,39). The average Bonchev–Trinajstić information content (AvgIpc) is 3.36. The molecule has 1 atom stereocenters. The van der Waals surface area contributed by atoms with Gasteiger partial charge in [-0.3, -0.25) is 29.5 Å². The molecule has 2 heterocycles. The number of hydrogen-bond acceptors (Lipinski definition) is 7. The van der Waals surface area contributed by atoms with Crippen molar-refractivity contribution < 1.29 is 18.1 Å². The molecule has 1 amide bonds. The maximum atomic E-state index is 13.4. The Morgan fingerprint density at radius 3 is 2.41 bits per heavy atom. The number of nitrogens with zero attached hydrogens (tertiary/aromatic N) is 3. The zero-order chi connectivity index (χ0) is 30.7. The van der Waals surface area contributed by atoms with Crippen molar-refractivity contribution in [2.24, 2.45) is 4.99 Å². The molecule has 0 bridgehead atoms. The lowest BCUT2D eigenvalue weighted by Crippen LogP contribution is -2.28. The van der Waals surface area contributed by atoms with Gasteiger partial charge >= 0.3 is 0 Å². The summed E-state index contributed by atoms with van der Waals surface area (Å²) in [7, 11) is -4.15. The summed E-state index contributed by atoms with van der Waals surface area (Å²) in [6.45, 7) is 3.11. The van der Waals surface area contributed by atoms with E-state index in [1.165, 1.54) is 49.1 Å². The van der Waals surface area contributed by atoms with Gasteiger partial charge in [-0.05, 0) is 79.0 Å². The Kier molecular flexibility index (Phi) is 8.23. The topological polar surface area (TPSA) is 134 Å². The fourth-order valence-electron chi connectivity index (χ4n) is 5.67. The maximum Gasteiger partial charge on any atom is 0.270 e. The number of non-ortho nitro benzene ring substituents is 1. The fourth-order valence-corrected chi connectivity index (χ4v) is 6.76. The van der Waals surface area contributed by atoms with Crippen LogP contribution in [0.3, 0.4) is 0 Å². The lowest BCUT2D eigenvalue weighted by Gasteiger charge is -2.26. The van der Waals surface area contributed by atoms with Crippen LogP contribution in [-0.4, -0.2) is 42.9 Å². The highest BCUT2D eigenvalue weighted by Gasteiger charge is 2.36. The minimum Gasteiger partial charge on any atom is -0.325 e. The van der Waals surface area contributed by atoms with Crippen molar-refractivity contribution in [1.82, 2.24) is 4.90 Å². The van der Waals surface area contributed by atoms with Crippen LogP contribution in [0, 0.1) is 10.1 Å². The van der Waals surface area contributed by atoms with E-state index in [0.29, 0.717) is 22.6 Å². The number of nitro benzene ring substituents is 1. The Labute approximate surface area is 255 Å². The molecule has 0 saturated carbocycles. The van der Waals surface area contributed by atoms with Gasteiger partial charge in [0.2, 0.25) is 5.91 Å². The Morgan fingerprint density at radius 2 is 1.68 bits per heavy atom. The lowest BCUT2D eigenvalue weighted by atomic mass is 9.90. The summed E-state index contributed by atoms with van der Waals surface area (Å²) in [5.41, 5.74) is 4.21. The first-order valence-corrected chi connectivity index (χ1v) is 15.9. The number of piperidine rings is 1. The molecular formula is C33H31N5O5S. The van der Waals surface area contributed by atoms with Crippen LogP contribution < -0.4 is 10.0 Å². The van der Waals surface area contributed by atoms with E-state index in [-0.39, 0.29) is 22.2 Å². The van der Waals surface area contributed by atoms with Crippen LogP contribution in [0.2, 0.25) is 0 Å². The first kappa shape index (κ1) is 29.2. The average molecular weight is 610 g/mol. The van der Waals surface area contributed by atoms with Gasteiger partial charge < -0.3 is 5.32 Å². The smallest absolute Gasteiger partial charge is 0.270 e. The van der Waals surface area contributed by atoms with Crippen LogP contribution in [0.15, 0.2) is 107 Å². The first-order valence-electron chi connectivity index (χ1n) is 14.4. The van der Waals surface area contributed by atoms with E-state index in [0.717, 1.165) is 31.3 Å². The normalized spacial score (nSPS) is 17.1. The SMILES string of the molecule is O=C1Nc2ccc(NS(=O)(=O)c3cccc([N+](=O)[O-])c3)cc2C1C(=Nc1ccc(CN2CCCCC2)cc1)c1ccccc1. The van der Waals surface area contributed by atoms with Gasteiger partial charge in [-0.1, -0.05) is 55.0 Å². The van der Waals surface area contributed by atoms with Crippen molar-refractivity contribution in [2.75, 3.05) is 23.1 Å². The second-order valence-corrected chi connectivity index (χ2v) is 12.6. The number of fused-ring (bicyclic) bond motifs is 1. The van der Waals surface area contributed by atoms with Crippen LogP contribution in [0.5, 0.6) is 0 Å². The van der Waals surface area contributed by atoms with Crippen molar-refractivity contribution in [2.45, 2.75) is 36.6 Å². The van der Waals surface area contributed by atoms with Crippen molar-refractivity contribution in [1.29, 1.82) is 0 Å². The maximum absolute atomic E-state index is 13.4. The van der Waals surface area contributed by atoms with E-state index >= 15 is 0 Å². The highest BCUT2D eigenvalue weighted by molar-refractivity contribution is 7.92. The molecule has 0 radical (unpaired) electrons. The first-order chi connectivity index (χ1) is 21.3. The Hall–Kier alpha value is -4.87. The van der Waals surface area contributed by atoms with Crippen LogP contribution >= 0.6 is 0 Å². The van der Waals surface area contributed by atoms with Gasteiger partial charge in [-0.25, -0.2) is 8.42 Å². The number of rotatable bonds is 9. The zero-order valence-electron chi connectivity index (χ0n) is 23.8. The second-order valence-electron chi connectivity index (χ2n) is 11.0. The summed E-state index contributed by atoms with van der Waals surface area (Å²) in [5, 5.41) is 14.1. The molecule has 44 heavy (non-hydrogen) atoms. The summed E-state index contributed by atoms with van der Waals surface area (Å²) in [6.07, 6.45) is 3.74. The number of carbonyl (C=O) groups excluding carboxylic acids is 1. The molecule has 4 aromatic rings. The summed E-state index contributed by atoms with van der Waals surface area (Å²) in [6, 6.07) is 27.1. The number of hydrogen-bond donors (Lipinski definition) is 2. The predicted octanol–water partition coefficient (Wildman–Crippen LogP) is 6.24. The second kappa shape index (κ2) is 12.4. The third-order valence-corrected chi connectivity index (χ3v) is 9.24. The number of benzene rings is 4. The van der Waals surface area contributed by atoms with E-state index in [2.05, 4.69) is 27.1 Å². The van der Waals surface area contributed by atoms with Crippen molar-refractivity contribution in [3.05, 3.63) is 124 Å². The van der Waals surface area contributed by atoms with E-state index in [1.54, 1.807) is 12.1 Å². The zero-order valence-corrected chi connectivity index (χ0v) is 24.7. The molecule has 224 valence electrons. The van der Waals surface area contributed by atoms with Crippen molar-refractivity contribution in [3.63, 3.8) is 0 Å². The van der Waals surface area contributed by atoms with Gasteiger partial charge in [0.1, 0.15) is 5.92 Å². The summed E-state index contributed by atoms with van der Waals surface area (Å²) in [5.74, 6) is -1.08. The third kappa shape index (κ3) is 6.38. The number of amides is 1. The molecule has 1 unspecified atom stereocenters. The molecule has 11 heteroatoms. The fraction of sp³-hybridized carbons (Fsp3) is 0.212. The molecule has 0 aromatic heterocycles. The monoisotopic (exact) mass is 609 g/mol. The lowest BCUT2D eigenvalue weighted by molar-refractivity contribution is -0.385. The Balaban J connectivity index is 1.32. The van der Waals surface area contributed by atoms with Crippen LogP contribution in [0.4, 0.5) is 22.7 Å². The predicted molar refractivity (Wildman–Crippen MR) is 170 cm³/mol. The van der Waals surface area contributed by atoms with Crippen molar-refractivity contribution >= 4 is 44.4 Å². The molecule has 10 nitrogen and oxygen atoms in total.